The number of hydrogen-bond donors (Lipinski definition) is 1. The standard InChI is InChI=1S/C30H22F4N8O/c31-23-7-1-2-8-24(23)41-13-15-42(16-14-41)28-38-27(37-21-11-10-20(18-35)22(17-21)30(32,33)34)39-29(40-28)43-25-9-3-5-19-6-4-12-36-26(19)25/h1-12,17H,13-16H2,(H,37,38,39,40). The molecule has 0 amide bonds. The van der Waals surface area contributed by atoms with Crippen LogP contribution < -0.4 is 19.9 Å². The molecule has 2 aromatic heterocycles. The van der Waals surface area contributed by atoms with Crippen molar-refractivity contribution in [2.75, 3.05) is 41.3 Å². The SMILES string of the molecule is N#Cc1ccc(Nc2nc(Oc3cccc4cccnc34)nc(N3CCN(c4ccccc4F)CC3)n2)cc1C(F)(F)F. The van der Waals surface area contributed by atoms with Crippen molar-refractivity contribution in [3.63, 3.8) is 0 Å². The van der Waals surface area contributed by atoms with Crippen molar-refractivity contribution in [3.05, 3.63) is 95.9 Å². The second kappa shape index (κ2) is 11.4. The average Bonchev–Trinajstić information content (AvgIpc) is 3.01. The van der Waals surface area contributed by atoms with Gasteiger partial charge in [-0.1, -0.05) is 30.3 Å². The average molecular weight is 587 g/mol. The van der Waals surface area contributed by atoms with Crippen LogP contribution in [0.1, 0.15) is 11.1 Å². The van der Waals surface area contributed by atoms with E-state index in [4.69, 9.17) is 10.00 Å². The van der Waals surface area contributed by atoms with Crippen LogP contribution in [0.2, 0.25) is 0 Å². The van der Waals surface area contributed by atoms with Crippen molar-refractivity contribution < 1.29 is 22.3 Å². The molecule has 0 atom stereocenters. The number of pyridine rings is 1. The maximum atomic E-state index is 14.4. The van der Waals surface area contributed by atoms with Crippen LogP contribution in [0.3, 0.4) is 0 Å². The van der Waals surface area contributed by atoms with Crippen LogP contribution in [0.4, 0.5) is 40.8 Å². The van der Waals surface area contributed by atoms with Gasteiger partial charge in [0.2, 0.25) is 11.9 Å². The van der Waals surface area contributed by atoms with E-state index in [1.54, 1.807) is 48.7 Å². The molecule has 1 saturated heterocycles. The Hall–Kier alpha value is -5.51. The van der Waals surface area contributed by atoms with Gasteiger partial charge in [0.1, 0.15) is 11.3 Å². The fourth-order valence-electron chi connectivity index (χ4n) is 4.78. The van der Waals surface area contributed by atoms with E-state index in [0.29, 0.717) is 43.1 Å². The number of alkyl halides is 3. The monoisotopic (exact) mass is 586 g/mol. The van der Waals surface area contributed by atoms with E-state index in [9.17, 15) is 17.6 Å². The summed E-state index contributed by atoms with van der Waals surface area (Å²) in [5, 5.41) is 12.8. The summed E-state index contributed by atoms with van der Waals surface area (Å²) in [6, 6.07) is 20.3. The van der Waals surface area contributed by atoms with Crippen molar-refractivity contribution in [1.29, 1.82) is 5.26 Å². The Morgan fingerprint density at radius 2 is 1.63 bits per heavy atom. The first-order valence-electron chi connectivity index (χ1n) is 13.2. The number of hydrogen-bond acceptors (Lipinski definition) is 9. The molecule has 5 aromatic rings. The quantitative estimate of drug-likeness (QED) is 0.229. The number of halogens is 4. The van der Waals surface area contributed by atoms with Gasteiger partial charge in [-0.05, 0) is 42.5 Å². The molecule has 0 unspecified atom stereocenters. The summed E-state index contributed by atoms with van der Waals surface area (Å²) in [5.41, 5.74) is -0.507. The molecule has 0 radical (unpaired) electrons. The highest BCUT2D eigenvalue weighted by Gasteiger charge is 2.34. The lowest BCUT2D eigenvalue weighted by atomic mass is 10.1. The molecule has 1 aliphatic heterocycles. The molecular weight excluding hydrogens is 564 g/mol. The van der Waals surface area contributed by atoms with Crippen molar-refractivity contribution in [3.8, 4) is 17.8 Å². The number of para-hydroxylation sites is 2. The van der Waals surface area contributed by atoms with Gasteiger partial charge in [0.15, 0.2) is 5.75 Å². The first-order chi connectivity index (χ1) is 20.8. The van der Waals surface area contributed by atoms with E-state index < -0.39 is 17.3 Å². The van der Waals surface area contributed by atoms with E-state index in [0.717, 1.165) is 17.5 Å². The molecule has 0 bridgehead atoms. The molecule has 43 heavy (non-hydrogen) atoms. The third-order valence-corrected chi connectivity index (χ3v) is 6.86. The summed E-state index contributed by atoms with van der Waals surface area (Å²) in [7, 11) is 0. The number of fused-ring (bicyclic) bond motifs is 1. The van der Waals surface area contributed by atoms with Crippen LogP contribution in [0.15, 0.2) is 79.0 Å². The van der Waals surface area contributed by atoms with E-state index in [1.165, 1.54) is 12.1 Å². The summed E-state index contributed by atoms with van der Waals surface area (Å²) in [5.74, 6) is 0.215. The summed E-state index contributed by atoms with van der Waals surface area (Å²) in [6.07, 6.45) is -3.11. The molecule has 3 heterocycles. The maximum Gasteiger partial charge on any atom is 0.417 e. The Morgan fingerprint density at radius 3 is 2.40 bits per heavy atom. The van der Waals surface area contributed by atoms with Gasteiger partial charge in [-0.15, -0.1) is 0 Å². The highest BCUT2D eigenvalue weighted by molar-refractivity contribution is 5.84. The third-order valence-electron chi connectivity index (χ3n) is 6.86. The van der Waals surface area contributed by atoms with E-state index in [2.05, 4.69) is 25.3 Å². The number of benzene rings is 3. The highest BCUT2D eigenvalue weighted by atomic mass is 19.4. The van der Waals surface area contributed by atoms with Crippen molar-refractivity contribution in [2.45, 2.75) is 6.18 Å². The van der Waals surface area contributed by atoms with Crippen LogP contribution in [0.25, 0.3) is 10.9 Å². The smallest absolute Gasteiger partial charge is 0.417 e. The number of nitrogens with one attached hydrogen (secondary N) is 1. The molecule has 0 aliphatic carbocycles. The van der Waals surface area contributed by atoms with Gasteiger partial charge in [-0.2, -0.15) is 33.4 Å². The van der Waals surface area contributed by atoms with Gasteiger partial charge in [-0.3, -0.25) is 4.98 Å². The number of nitrogens with zero attached hydrogens (tertiary/aromatic N) is 7. The van der Waals surface area contributed by atoms with Crippen molar-refractivity contribution >= 4 is 34.2 Å². The third kappa shape index (κ3) is 5.94. The number of nitriles is 1. The normalized spacial score (nSPS) is 13.6. The lowest BCUT2D eigenvalue weighted by Crippen LogP contribution is -2.47. The first-order valence-corrected chi connectivity index (χ1v) is 13.2. The molecule has 1 aliphatic rings. The number of aromatic nitrogens is 4. The molecule has 6 rings (SSSR count). The minimum atomic E-state index is -4.74. The van der Waals surface area contributed by atoms with Gasteiger partial charge < -0.3 is 19.9 Å². The summed E-state index contributed by atoms with van der Waals surface area (Å²) >= 11 is 0. The summed E-state index contributed by atoms with van der Waals surface area (Å²) in [6.45, 7) is 1.82. The van der Waals surface area contributed by atoms with E-state index >= 15 is 0 Å². The Balaban J connectivity index is 1.33. The van der Waals surface area contributed by atoms with E-state index in [1.807, 2.05) is 21.9 Å². The molecule has 9 nitrogen and oxygen atoms in total. The Labute approximate surface area is 243 Å². The largest absolute Gasteiger partial charge is 0.422 e. The lowest BCUT2D eigenvalue weighted by molar-refractivity contribution is -0.137. The Kier molecular flexibility index (Phi) is 7.33. The molecule has 3 aromatic carbocycles. The second-order valence-electron chi connectivity index (χ2n) is 9.60. The van der Waals surface area contributed by atoms with Crippen molar-refractivity contribution in [1.82, 2.24) is 19.9 Å². The minimum absolute atomic E-state index is 0.0191. The molecule has 216 valence electrons. The van der Waals surface area contributed by atoms with Gasteiger partial charge in [0.05, 0.1) is 22.9 Å². The van der Waals surface area contributed by atoms with Gasteiger partial charge in [0, 0.05) is 43.4 Å². The lowest BCUT2D eigenvalue weighted by Gasteiger charge is -2.36. The summed E-state index contributed by atoms with van der Waals surface area (Å²) in [4.78, 5) is 21.4. The number of ether oxygens (including phenoxy) is 1. The fraction of sp³-hybridized carbons (Fsp3) is 0.167. The second-order valence-corrected chi connectivity index (χ2v) is 9.60. The molecular formula is C30H22F4N8O. The highest BCUT2D eigenvalue weighted by Crippen LogP contribution is 2.35. The van der Waals surface area contributed by atoms with Crippen LogP contribution in [-0.4, -0.2) is 46.1 Å². The number of piperazine rings is 1. The van der Waals surface area contributed by atoms with E-state index in [-0.39, 0.29) is 29.4 Å². The van der Waals surface area contributed by atoms with Crippen molar-refractivity contribution in [2.24, 2.45) is 0 Å². The fourth-order valence-corrected chi connectivity index (χ4v) is 4.78. The predicted octanol–water partition coefficient (Wildman–Crippen LogP) is 6.31. The van der Waals surface area contributed by atoms with Gasteiger partial charge in [-0.25, -0.2) is 4.39 Å². The Bertz CT molecular complexity index is 1830. The van der Waals surface area contributed by atoms with Crippen LogP contribution in [-0.2, 0) is 6.18 Å². The zero-order valence-electron chi connectivity index (χ0n) is 22.4. The minimum Gasteiger partial charge on any atom is -0.422 e. The topological polar surface area (TPSA) is 103 Å². The molecule has 13 heteroatoms. The van der Waals surface area contributed by atoms with Gasteiger partial charge in [0.25, 0.3) is 0 Å². The van der Waals surface area contributed by atoms with Crippen LogP contribution in [0.5, 0.6) is 11.8 Å². The molecule has 1 fully saturated rings. The molecule has 0 saturated carbocycles. The summed E-state index contributed by atoms with van der Waals surface area (Å²) < 4.78 is 61.2. The zero-order valence-corrected chi connectivity index (χ0v) is 22.4. The maximum absolute atomic E-state index is 14.4. The van der Waals surface area contributed by atoms with Crippen LogP contribution >= 0.6 is 0 Å². The Morgan fingerprint density at radius 1 is 0.860 bits per heavy atom. The number of anilines is 4. The van der Waals surface area contributed by atoms with Gasteiger partial charge >= 0.3 is 12.2 Å². The van der Waals surface area contributed by atoms with Crippen LogP contribution in [0, 0.1) is 17.1 Å². The molecule has 0 spiro atoms. The predicted molar refractivity (Wildman–Crippen MR) is 152 cm³/mol. The first kappa shape index (κ1) is 27.6. The molecule has 1 N–H and O–H groups in total. The zero-order chi connectivity index (χ0) is 30.0. The number of rotatable bonds is 6.